The van der Waals surface area contributed by atoms with Crippen LogP contribution < -0.4 is 10.6 Å². The normalized spacial score (nSPS) is 14.8. The van der Waals surface area contributed by atoms with E-state index in [1.54, 1.807) is 23.5 Å². The Balaban J connectivity index is 1.95. The van der Waals surface area contributed by atoms with Crippen molar-refractivity contribution in [3.05, 3.63) is 45.6 Å². The third-order valence-electron chi connectivity index (χ3n) is 3.44. The van der Waals surface area contributed by atoms with Crippen molar-refractivity contribution in [3.63, 3.8) is 0 Å². The predicted octanol–water partition coefficient (Wildman–Crippen LogP) is 3.83. The van der Waals surface area contributed by atoms with Crippen LogP contribution in [0.5, 0.6) is 0 Å². The molecule has 1 aliphatic rings. The molecule has 0 amide bonds. The Morgan fingerprint density at radius 2 is 2.11 bits per heavy atom. The number of nitrogen functional groups attached to an aromatic ring is 1. The number of anilines is 2. The molecule has 2 nitrogen and oxygen atoms in total. The molecular weight excluding hydrogens is 266 g/mol. The minimum Gasteiger partial charge on any atom is -0.399 e. The lowest BCUT2D eigenvalue weighted by atomic mass is 10.1. The monoisotopic (exact) mass is 280 g/mol. The molecule has 0 spiro atoms. The number of nitrogens with two attached hydrogens (primary N) is 1. The van der Waals surface area contributed by atoms with Crippen molar-refractivity contribution in [1.82, 2.24) is 0 Å². The molecule has 0 aliphatic carbocycles. The Bertz CT molecular complexity index is 595. The Morgan fingerprint density at radius 1 is 1.26 bits per heavy atom. The molecule has 1 aliphatic heterocycles. The van der Waals surface area contributed by atoms with Gasteiger partial charge in [-0.3, -0.25) is 0 Å². The summed E-state index contributed by atoms with van der Waals surface area (Å²) in [6, 6.07) is 6.84. The van der Waals surface area contributed by atoms with E-state index in [2.05, 4.69) is 11.4 Å². The van der Waals surface area contributed by atoms with E-state index in [1.165, 1.54) is 16.5 Å². The zero-order valence-electron chi connectivity index (χ0n) is 10.3. The highest BCUT2D eigenvalue weighted by Crippen LogP contribution is 2.35. The standard InChI is InChI=1S/C14H14F2N2S/c15-14(16)11-7-10(17)1-2-12(11)18-5-3-13-9(8-18)4-6-19-13/h1-2,4,6-7,14H,3,5,8,17H2. The number of thiophene rings is 1. The second-order valence-corrected chi connectivity index (χ2v) is 5.66. The molecule has 0 radical (unpaired) electrons. The van der Waals surface area contributed by atoms with Crippen LogP contribution in [-0.4, -0.2) is 6.54 Å². The number of nitrogens with zero attached hydrogens (tertiary/aromatic N) is 1. The summed E-state index contributed by atoms with van der Waals surface area (Å²) < 4.78 is 26.2. The van der Waals surface area contributed by atoms with Crippen LogP contribution in [0.2, 0.25) is 0 Å². The van der Waals surface area contributed by atoms with Crippen LogP contribution in [0.3, 0.4) is 0 Å². The topological polar surface area (TPSA) is 29.3 Å². The Hall–Kier alpha value is -1.62. The van der Waals surface area contributed by atoms with Gasteiger partial charge in [0.2, 0.25) is 0 Å². The second-order valence-electron chi connectivity index (χ2n) is 4.66. The molecular formula is C14H14F2N2S. The number of rotatable bonds is 2. The third kappa shape index (κ3) is 2.30. The van der Waals surface area contributed by atoms with Crippen molar-refractivity contribution < 1.29 is 8.78 Å². The van der Waals surface area contributed by atoms with Gasteiger partial charge in [-0.05, 0) is 41.6 Å². The molecule has 1 aromatic carbocycles. The van der Waals surface area contributed by atoms with Crippen LogP contribution in [-0.2, 0) is 13.0 Å². The molecule has 2 aromatic rings. The van der Waals surface area contributed by atoms with Crippen LogP contribution in [0.15, 0.2) is 29.6 Å². The SMILES string of the molecule is Nc1ccc(N2CCc3sccc3C2)c(C(F)F)c1. The minimum atomic E-state index is -2.50. The van der Waals surface area contributed by atoms with E-state index in [0.29, 0.717) is 17.9 Å². The number of fused-ring (bicyclic) bond motifs is 1. The summed E-state index contributed by atoms with van der Waals surface area (Å²) in [4.78, 5) is 3.38. The molecule has 5 heteroatoms. The molecule has 0 unspecified atom stereocenters. The fourth-order valence-electron chi connectivity index (χ4n) is 2.49. The summed E-state index contributed by atoms with van der Waals surface area (Å²) in [5.74, 6) is 0. The number of hydrogen-bond donors (Lipinski definition) is 1. The lowest BCUT2D eigenvalue weighted by molar-refractivity contribution is 0.152. The zero-order chi connectivity index (χ0) is 13.4. The van der Waals surface area contributed by atoms with Crippen LogP contribution in [0.4, 0.5) is 20.2 Å². The molecule has 0 atom stereocenters. The van der Waals surface area contributed by atoms with Gasteiger partial charge in [-0.2, -0.15) is 0 Å². The van der Waals surface area contributed by atoms with Crippen molar-refractivity contribution in [2.45, 2.75) is 19.4 Å². The maximum absolute atomic E-state index is 13.1. The number of halogens is 2. The van der Waals surface area contributed by atoms with Crippen LogP contribution in [0.1, 0.15) is 22.4 Å². The molecule has 19 heavy (non-hydrogen) atoms. The van der Waals surface area contributed by atoms with E-state index >= 15 is 0 Å². The van der Waals surface area contributed by atoms with Crippen molar-refractivity contribution in [3.8, 4) is 0 Å². The molecule has 0 saturated heterocycles. The first-order valence-electron chi connectivity index (χ1n) is 6.13. The molecule has 0 saturated carbocycles. The molecule has 1 aromatic heterocycles. The number of hydrogen-bond acceptors (Lipinski definition) is 3. The van der Waals surface area contributed by atoms with Gasteiger partial charge in [-0.25, -0.2) is 8.78 Å². The fraction of sp³-hybridized carbons (Fsp3) is 0.286. The van der Waals surface area contributed by atoms with Gasteiger partial charge in [0.15, 0.2) is 0 Å². The summed E-state index contributed by atoms with van der Waals surface area (Å²) in [5, 5.41) is 2.06. The predicted molar refractivity (Wildman–Crippen MR) is 74.9 cm³/mol. The number of alkyl halides is 2. The van der Waals surface area contributed by atoms with Crippen molar-refractivity contribution in [2.75, 3.05) is 17.2 Å². The first-order valence-corrected chi connectivity index (χ1v) is 7.01. The van der Waals surface area contributed by atoms with Gasteiger partial charge in [-0.15, -0.1) is 11.3 Å². The average molecular weight is 280 g/mol. The third-order valence-corrected chi connectivity index (χ3v) is 4.46. The summed E-state index contributed by atoms with van der Waals surface area (Å²) in [5.41, 5.74) is 7.85. The van der Waals surface area contributed by atoms with Gasteiger partial charge in [0.25, 0.3) is 6.43 Å². The molecule has 2 N–H and O–H groups in total. The average Bonchev–Trinajstić information content (AvgIpc) is 2.85. The maximum atomic E-state index is 13.1. The summed E-state index contributed by atoms with van der Waals surface area (Å²) in [6.07, 6.45) is -1.58. The minimum absolute atomic E-state index is 0.0266. The second kappa shape index (κ2) is 4.81. The summed E-state index contributed by atoms with van der Waals surface area (Å²) >= 11 is 1.74. The molecule has 100 valence electrons. The van der Waals surface area contributed by atoms with Crippen molar-refractivity contribution in [1.29, 1.82) is 0 Å². The van der Waals surface area contributed by atoms with E-state index in [9.17, 15) is 8.78 Å². The lowest BCUT2D eigenvalue weighted by Crippen LogP contribution is -2.30. The van der Waals surface area contributed by atoms with Gasteiger partial charge in [0.1, 0.15) is 0 Å². The van der Waals surface area contributed by atoms with E-state index < -0.39 is 6.43 Å². The molecule has 2 heterocycles. The highest BCUT2D eigenvalue weighted by molar-refractivity contribution is 7.10. The quantitative estimate of drug-likeness (QED) is 0.847. The maximum Gasteiger partial charge on any atom is 0.265 e. The van der Waals surface area contributed by atoms with Crippen LogP contribution >= 0.6 is 11.3 Å². The van der Waals surface area contributed by atoms with Crippen molar-refractivity contribution in [2.24, 2.45) is 0 Å². The summed E-state index contributed by atoms with van der Waals surface area (Å²) in [6.45, 7) is 1.47. The van der Waals surface area contributed by atoms with E-state index in [4.69, 9.17) is 5.73 Å². The van der Waals surface area contributed by atoms with Gasteiger partial charge in [0, 0.05) is 34.9 Å². The van der Waals surface area contributed by atoms with Gasteiger partial charge < -0.3 is 10.6 Å². The molecule has 3 rings (SSSR count). The smallest absolute Gasteiger partial charge is 0.265 e. The summed E-state index contributed by atoms with van der Waals surface area (Å²) in [7, 11) is 0. The fourth-order valence-corrected chi connectivity index (χ4v) is 3.38. The highest BCUT2D eigenvalue weighted by atomic mass is 32.1. The molecule has 0 fully saturated rings. The van der Waals surface area contributed by atoms with Gasteiger partial charge >= 0.3 is 0 Å². The van der Waals surface area contributed by atoms with Crippen LogP contribution in [0, 0.1) is 0 Å². The van der Waals surface area contributed by atoms with E-state index in [1.807, 2.05) is 4.90 Å². The zero-order valence-corrected chi connectivity index (χ0v) is 11.1. The van der Waals surface area contributed by atoms with E-state index in [-0.39, 0.29) is 5.56 Å². The Morgan fingerprint density at radius 3 is 2.89 bits per heavy atom. The van der Waals surface area contributed by atoms with Crippen molar-refractivity contribution >= 4 is 22.7 Å². The van der Waals surface area contributed by atoms with Gasteiger partial charge in [-0.1, -0.05) is 0 Å². The first kappa shape index (κ1) is 12.4. The Kier molecular flexibility index (Phi) is 3.14. The molecule has 0 bridgehead atoms. The lowest BCUT2D eigenvalue weighted by Gasteiger charge is -2.30. The number of benzene rings is 1. The van der Waals surface area contributed by atoms with Crippen LogP contribution in [0.25, 0.3) is 0 Å². The largest absolute Gasteiger partial charge is 0.399 e. The van der Waals surface area contributed by atoms with Gasteiger partial charge in [0.05, 0.1) is 0 Å². The Labute approximate surface area is 114 Å². The van der Waals surface area contributed by atoms with E-state index in [0.717, 1.165) is 13.0 Å². The highest BCUT2D eigenvalue weighted by Gasteiger charge is 2.22. The first-order chi connectivity index (χ1) is 9.15.